The minimum atomic E-state index is 0.848. The number of fused-ring (bicyclic) bond motifs is 1. The molecule has 0 bridgehead atoms. The average Bonchev–Trinajstić information content (AvgIpc) is 2.73. The molecule has 3 aromatic heterocycles. The van der Waals surface area contributed by atoms with Gasteiger partial charge in [-0.2, -0.15) is 0 Å². The fourth-order valence-corrected chi connectivity index (χ4v) is 1.69. The molecule has 0 fully saturated rings. The molecule has 4 nitrogen and oxygen atoms in total. The minimum Gasteiger partial charge on any atom is -0.282 e. The maximum Gasteiger partial charge on any atom is 0.168 e. The summed E-state index contributed by atoms with van der Waals surface area (Å²) >= 11 is 0. The van der Waals surface area contributed by atoms with E-state index in [9.17, 15) is 0 Å². The molecule has 78 valence electrons. The van der Waals surface area contributed by atoms with Gasteiger partial charge in [0.2, 0.25) is 0 Å². The number of rotatable bonds is 1. The fraction of sp³-hybridized carbons (Fsp3) is 0.0833. The van der Waals surface area contributed by atoms with Crippen molar-refractivity contribution < 1.29 is 0 Å². The zero-order valence-electron chi connectivity index (χ0n) is 8.83. The lowest BCUT2D eigenvalue weighted by Gasteiger charge is -2.00. The van der Waals surface area contributed by atoms with Gasteiger partial charge in [-0.1, -0.05) is 6.07 Å². The van der Waals surface area contributed by atoms with Gasteiger partial charge < -0.3 is 0 Å². The number of aryl methyl sites for hydroxylation is 1. The lowest BCUT2D eigenvalue weighted by molar-refractivity contribution is 1.10. The molecule has 0 atom stereocenters. The number of hydrogen-bond acceptors (Lipinski definition) is 3. The Balaban J connectivity index is 2.29. The summed E-state index contributed by atoms with van der Waals surface area (Å²) in [7, 11) is 0. The van der Waals surface area contributed by atoms with Crippen molar-refractivity contribution in [1.29, 1.82) is 0 Å². The molecule has 0 saturated carbocycles. The fourth-order valence-electron chi connectivity index (χ4n) is 1.69. The lowest BCUT2D eigenvalue weighted by Crippen LogP contribution is -1.90. The predicted octanol–water partition coefficient (Wildman–Crippen LogP) is 2.10. The number of hydrogen-bond donors (Lipinski definition) is 0. The summed E-state index contributed by atoms with van der Waals surface area (Å²) in [6.45, 7) is 2.05. The lowest BCUT2D eigenvalue weighted by atomic mass is 10.2. The second kappa shape index (κ2) is 3.41. The Labute approximate surface area is 92.6 Å². The van der Waals surface area contributed by atoms with Gasteiger partial charge in [-0.3, -0.25) is 9.38 Å². The van der Waals surface area contributed by atoms with E-state index in [0.29, 0.717) is 0 Å². The van der Waals surface area contributed by atoms with Gasteiger partial charge in [0.05, 0.1) is 0 Å². The van der Waals surface area contributed by atoms with Gasteiger partial charge in [-0.15, -0.1) is 10.2 Å². The SMILES string of the molecule is Cc1ccc2nnc(-c3ccncc3)n2c1. The molecule has 3 heterocycles. The summed E-state index contributed by atoms with van der Waals surface area (Å²) in [4.78, 5) is 4.00. The highest BCUT2D eigenvalue weighted by molar-refractivity contribution is 5.58. The molecule has 0 unspecified atom stereocenters. The molecule has 3 aromatic rings. The highest BCUT2D eigenvalue weighted by atomic mass is 15.2. The Bertz CT molecular complexity index is 628. The molecule has 0 aliphatic carbocycles. The van der Waals surface area contributed by atoms with Crippen LogP contribution in [0, 0.1) is 6.92 Å². The molecule has 4 heteroatoms. The Morgan fingerprint density at radius 2 is 1.81 bits per heavy atom. The Kier molecular flexibility index (Phi) is 1.93. The van der Waals surface area contributed by atoms with E-state index in [4.69, 9.17) is 0 Å². The average molecular weight is 210 g/mol. The monoisotopic (exact) mass is 210 g/mol. The summed E-state index contributed by atoms with van der Waals surface area (Å²) < 4.78 is 1.99. The van der Waals surface area contributed by atoms with Crippen LogP contribution in [0.25, 0.3) is 17.0 Å². The van der Waals surface area contributed by atoms with E-state index in [-0.39, 0.29) is 0 Å². The molecule has 0 saturated heterocycles. The van der Waals surface area contributed by atoms with Crippen molar-refractivity contribution in [2.24, 2.45) is 0 Å². The van der Waals surface area contributed by atoms with Crippen LogP contribution in [0.3, 0.4) is 0 Å². The van der Waals surface area contributed by atoms with Gasteiger partial charge in [-0.25, -0.2) is 0 Å². The van der Waals surface area contributed by atoms with Crippen molar-refractivity contribution in [3.05, 3.63) is 48.4 Å². The smallest absolute Gasteiger partial charge is 0.168 e. The molecule has 16 heavy (non-hydrogen) atoms. The third kappa shape index (κ3) is 1.35. The Morgan fingerprint density at radius 3 is 2.62 bits per heavy atom. The summed E-state index contributed by atoms with van der Waals surface area (Å²) in [6, 6.07) is 7.85. The summed E-state index contributed by atoms with van der Waals surface area (Å²) in [5.74, 6) is 0.848. The summed E-state index contributed by atoms with van der Waals surface area (Å²) in [6.07, 6.45) is 5.55. The van der Waals surface area contributed by atoms with E-state index >= 15 is 0 Å². The van der Waals surface area contributed by atoms with Gasteiger partial charge >= 0.3 is 0 Å². The van der Waals surface area contributed by atoms with Crippen LogP contribution >= 0.6 is 0 Å². The number of pyridine rings is 2. The van der Waals surface area contributed by atoms with Crippen molar-refractivity contribution in [2.75, 3.05) is 0 Å². The van der Waals surface area contributed by atoms with Crippen LogP contribution in [-0.4, -0.2) is 19.6 Å². The van der Waals surface area contributed by atoms with E-state index in [1.807, 2.05) is 34.9 Å². The van der Waals surface area contributed by atoms with Gasteiger partial charge in [0.1, 0.15) is 0 Å². The van der Waals surface area contributed by atoms with E-state index in [1.165, 1.54) is 5.56 Å². The first-order valence-electron chi connectivity index (χ1n) is 5.06. The van der Waals surface area contributed by atoms with Crippen molar-refractivity contribution in [3.8, 4) is 11.4 Å². The molecular weight excluding hydrogens is 200 g/mol. The topological polar surface area (TPSA) is 43.1 Å². The van der Waals surface area contributed by atoms with Crippen LogP contribution in [0.15, 0.2) is 42.9 Å². The van der Waals surface area contributed by atoms with E-state index in [2.05, 4.69) is 22.1 Å². The largest absolute Gasteiger partial charge is 0.282 e. The maximum absolute atomic E-state index is 4.19. The summed E-state index contributed by atoms with van der Waals surface area (Å²) in [5, 5.41) is 8.32. The second-order valence-electron chi connectivity index (χ2n) is 3.69. The third-order valence-electron chi connectivity index (χ3n) is 2.49. The standard InChI is InChI=1S/C12H10N4/c1-9-2-3-11-14-15-12(16(11)8-9)10-4-6-13-7-5-10/h2-8H,1H3. The minimum absolute atomic E-state index is 0.848. The molecular formula is C12H10N4. The second-order valence-corrected chi connectivity index (χ2v) is 3.69. The first kappa shape index (κ1) is 9.03. The van der Waals surface area contributed by atoms with Crippen molar-refractivity contribution in [3.63, 3.8) is 0 Å². The van der Waals surface area contributed by atoms with Crippen LogP contribution in [-0.2, 0) is 0 Å². The van der Waals surface area contributed by atoms with Gasteiger partial charge in [0, 0.05) is 24.2 Å². The number of nitrogens with zero attached hydrogens (tertiary/aromatic N) is 4. The van der Waals surface area contributed by atoms with E-state index in [1.54, 1.807) is 12.4 Å². The van der Waals surface area contributed by atoms with Crippen LogP contribution < -0.4 is 0 Å². The Morgan fingerprint density at radius 1 is 1.00 bits per heavy atom. The zero-order chi connectivity index (χ0) is 11.0. The molecule has 0 aliphatic heterocycles. The first-order chi connectivity index (χ1) is 7.84. The van der Waals surface area contributed by atoms with E-state index in [0.717, 1.165) is 17.0 Å². The van der Waals surface area contributed by atoms with Crippen LogP contribution in [0.2, 0.25) is 0 Å². The van der Waals surface area contributed by atoms with Crippen molar-refractivity contribution in [1.82, 2.24) is 19.6 Å². The van der Waals surface area contributed by atoms with E-state index < -0.39 is 0 Å². The predicted molar refractivity (Wildman–Crippen MR) is 61.0 cm³/mol. The van der Waals surface area contributed by atoms with Gasteiger partial charge in [0.25, 0.3) is 0 Å². The molecule has 3 rings (SSSR count). The molecule has 0 aliphatic rings. The van der Waals surface area contributed by atoms with Crippen LogP contribution in [0.1, 0.15) is 5.56 Å². The molecule has 0 aromatic carbocycles. The molecule has 0 radical (unpaired) electrons. The summed E-state index contributed by atoms with van der Waals surface area (Å²) in [5.41, 5.74) is 3.06. The number of aromatic nitrogens is 4. The van der Waals surface area contributed by atoms with Crippen LogP contribution in [0.4, 0.5) is 0 Å². The van der Waals surface area contributed by atoms with Gasteiger partial charge in [-0.05, 0) is 30.7 Å². The van der Waals surface area contributed by atoms with Crippen LogP contribution in [0.5, 0.6) is 0 Å². The van der Waals surface area contributed by atoms with Crippen molar-refractivity contribution >= 4 is 5.65 Å². The Hall–Kier alpha value is -2.23. The molecule has 0 amide bonds. The third-order valence-corrected chi connectivity index (χ3v) is 2.49. The quantitative estimate of drug-likeness (QED) is 0.617. The normalized spacial score (nSPS) is 10.8. The highest BCUT2D eigenvalue weighted by Crippen LogP contribution is 2.17. The highest BCUT2D eigenvalue weighted by Gasteiger charge is 2.06. The maximum atomic E-state index is 4.19. The van der Waals surface area contributed by atoms with Gasteiger partial charge in [0.15, 0.2) is 11.5 Å². The first-order valence-corrected chi connectivity index (χ1v) is 5.06. The molecule has 0 N–H and O–H groups in total. The van der Waals surface area contributed by atoms with Crippen molar-refractivity contribution in [2.45, 2.75) is 6.92 Å². The molecule has 0 spiro atoms. The zero-order valence-corrected chi connectivity index (χ0v) is 8.83.